The zero-order valence-electron chi connectivity index (χ0n) is 10.7. The first-order valence-electron chi connectivity index (χ1n) is 6.28. The zero-order chi connectivity index (χ0) is 12.3. The maximum Gasteiger partial charge on any atom is 0.253 e. The highest BCUT2D eigenvalue weighted by Gasteiger charge is 2.26. The van der Waals surface area contributed by atoms with Crippen molar-refractivity contribution >= 4 is 18.3 Å². The number of piperidine rings is 1. The second kappa shape index (κ2) is 6.76. The van der Waals surface area contributed by atoms with Gasteiger partial charge in [0.15, 0.2) is 0 Å². The van der Waals surface area contributed by atoms with E-state index in [0.717, 1.165) is 31.5 Å². The molecule has 0 bridgehead atoms. The number of likely N-dealkylation sites (tertiary alicyclic amines) is 1. The van der Waals surface area contributed by atoms with E-state index in [1.54, 1.807) is 0 Å². The van der Waals surface area contributed by atoms with Gasteiger partial charge >= 0.3 is 0 Å². The molecule has 1 aromatic carbocycles. The number of carbonyl (C=O) groups is 1. The highest BCUT2D eigenvalue weighted by Crippen LogP contribution is 2.20. The Balaban J connectivity index is 0.00000162. The van der Waals surface area contributed by atoms with Crippen molar-refractivity contribution in [3.8, 4) is 0 Å². The van der Waals surface area contributed by atoms with E-state index in [4.69, 9.17) is 5.73 Å². The van der Waals surface area contributed by atoms with Crippen molar-refractivity contribution in [3.63, 3.8) is 0 Å². The third-order valence-corrected chi connectivity index (χ3v) is 3.51. The Morgan fingerprint density at radius 3 is 2.67 bits per heavy atom. The van der Waals surface area contributed by atoms with Crippen LogP contribution in [0, 0.1) is 5.92 Å². The monoisotopic (exact) mass is 268 g/mol. The van der Waals surface area contributed by atoms with Gasteiger partial charge in [0.25, 0.3) is 5.91 Å². The first-order valence-corrected chi connectivity index (χ1v) is 6.28. The minimum Gasteiger partial charge on any atom is -0.338 e. The molecule has 0 aromatic heterocycles. The standard InChI is InChI=1S/C14H20N2O.ClH/c1-11(15)13-8-5-9-16(10-13)14(17)12-6-3-2-4-7-12;/h2-4,6-7,11,13H,5,8-10,15H2,1H3;1H. The van der Waals surface area contributed by atoms with Crippen molar-refractivity contribution in [2.45, 2.75) is 25.8 Å². The molecule has 1 aliphatic rings. The van der Waals surface area contributed by atoms with Crippen LogP contribution < -0.4 is 5.73 Å². The van der Waals surface area contributed by atoms with E-state index < -0.39 is 0 Å². The van der Waals surface area contributed by atoms with Crippen LogP contribution in [-0.4, -0.2) is 29.9 Å². The summed E-state index contributed by atoms with van der Waals surface area (Å²) in [5.74, 6) is 0.576. The molecule has 1 fully saturated rings. The Kier molecular flexibility index (Phi) is 5.63. The summed E-state index contributed by atoms with van der Waals surface area (Å²) in [4.78, 5) is 14.2. The lowest BCUT2D eigenvalue weighted by molar-refractivity contribution is 0.0661. The van der Waals surface area contributed by atoms with E-state index >= 15 is 0 Å². The fraction of sp³-hybridized carbons (Fsp3) is 0.500. The molecule has 2 rings (SSSR count). The first-order chi connectivity index (χ1) is 8.18. The van der Waals surface area contributed by atoms with Crippen LogP contribution in [0.2, 0.25) is 0 Å². The molecular formula is C14H21ClN2O. The molecule has 1 heterocycles. The molecule has 0 saturated carbocycles. The number of rotatable bonds is 2. The van der Waals surface area contributed by atoms with E-state index in [-0.39, 0.29) is 24.4 Å². The van der Waals surface area contributed by atoms with Gasteiger partial charge in [-0.3, -0.25) is 4.79 Å². The third-order valence-electron chi connectivity index (χ3n) is 3.51. The van der Waals surface area contributed by atoms with Crippen molar-refractivity contribution in [2.24, 2.45) is 11.7 Å². The van der Waals surface area contributed by atoms with Gasteiger partial charge < -0.3 is 10.6 Å². The van der Waals surface area contributed by atoms with Crippen LogP contribution in [0.1, 0.15) is 30.1 Å². The molecular weight excluding hydrogens is 248 g/mol. The van der Waals surface area contributed by atoms with Crippen molar-refractivity contribution in [1.29, 1.82) is 0 Å². The summed E-state index contributed by atoms with van der Waals surface area (Å²) in [6.45, 7) is 3.68. The van der Waals surface area contributed by atoms with E-state index in [0.29, 0.717) is 5.92 Å². The van der Waals surface area contributed by atoms with Crippen LogP contribution in [-0.2, 0) is 0 Å². The van der Waals surface area contributed by atoms with Gasteiger partial charge in [0.1, 0.15) is 0 Å². The Labute approximate surface area is 115 Å². The molecule has 2 atom stereocenters. The summed E-state index contributed by atoms with van der Waals surface area (Å²) < 4.78 is 0. The Hall–Kier alpha value is -1.06. The smallest absolute Gasteiger partial charge is 0.253 e. The van der Waals surface area contributed by atoms with Crippen LogP contribution in [0.25, 0.3) is 0 Å². The van der Waals surface area contributed by atoms with Gasteiger partial charge in [-0.2, -0.15) is 0 Å². The molecule has 0 radical (unpaired) electrons. The maximum absolute atomic E-state index is 12.3. The fourth-order valence-electron chi connectivity index (χ4n) is 2.39. The minimum atomic E-state index is 0. The summed E-state index contributed by atoms with van der Waals surface area (Å²) in [7, 11) is 0. The van der Waals surface area contributed by atoms with Crippen molar-refractivity contribution in [3.05, 3.63) is 35.9 Å². The minimum absolute atomic E-state index is 0. The Bertz CT molecular complexity index is 381. The lowest BCUT2D eigenvalue weighted by Gasteiger charge is -2.34. The topological polar surface area (TPSA) is 46.3 Å². The van der Waals surface area contributed by atoms with Crippen LogP contribution in [0.15, 0.2) is 30.3 Å². The molecule has 3 nitrogen and oxygen atoms in total. The van der Waals surface area contributed by atoms with Crippen molar-refractivity contribution in [2.75, 3.05) is 13.1 Å². The average molecular weight is 269 g/mol. The molecule has 1 aliphatic heterocycles. The Morgan fingerprint density at radius 2 is 2.06 bits per heavy atom. The molecule has 2 N–H and O–H groups in total. The number of nitrogens with zero attached hydrogens (tertiary/aromatic N) is 1. The van der Waals surface area contributed by atoms with Gasteiger partial charge in [-0.1, -0.05) is 18.2 Å². The van der Waals surface area contributed by atoms with Gasteiger partial charge in [0, 0.05) is 24.7 Å². The largest absolute Gasteiger partial charge is 0.338 e. The number of carbonyl (C=O) groups excluding carboxylic acids is 1. The molecule has 1 amide bonds. The summed E-state index contributed by atoms with van der Waals surface area (Å²) in [6, 6.07) is 9.65. The van der Waals surface area contributed by atoms with E-state index in [9.17, 15) is 4.79 Å². The quantitative estimate of drug-likeness (QED) is 0.895. The second-order valence-electron chi connectivity index (χ2n) is 4.88. The predicted molar refractivity (Wildman–Crippen MR) is 76.0 cm³/mol. The van der Waals surface area contributed by atoms with Gasteiger partial charge in [0.2, 0.25) is 0 Å². The summed E-state index contributed by atoms with van der Waals surface area (Å²) in [5, 5.41) is 0. The highest BCUT2D eigenvalue weighted by molar-refractivity contribution is 5.94. The summed E-state index contributed by atoms with van der Waals surface area (Å²) >= 11 is 0. The lowest BCUT2D eigenvalue weighted by atomic mass is 9.92. The van der Waals surface area contributed by atoms with Gasteiger partial charge in [-0.05, 0) is 37.8 Å². The van der Waals surface area contributed by atoms with Crippen LogP contribution in [0.3, 0.4) is 0 Å². The molecule has 2 unspecified atom stereocenters. The predicted octanol–water partition coefficient (Wildman–Crippen LogP) is 2.31. The number of amides is 1. The zero-order valence-corrected chi connectivity index (χ0v) is 11.5. The molecule has 0 spiro atoms. The SMILES string of the molecule is CC(N)C1CCCN(C(=O)c2ccccc2)C1.Cl. The number of benzene rings is 1. The normalized spacial score (nSPS) is 21.0. The first kappa shape index (κ1) is 15.0. The van der Waals surface area contributed by atoms with Gasteiger partial charge in [0.05, 0.1) is 0 Å². The third kappa shape index (κ3) is 3.47. The van der Waals surface area contributed by atoms with E-state index in [1.165, 1.54) is 0 Å². The van der Waals surface area contributed by atoms with Crippen molar-refractivity contribution < 1.29 is 4.79 Å². The molecule has 0 aliphatic carbocycles. The summed E-state index contributed by atoms with van der Waals surface area (Å²) in [6.07, 6.45) is 2.20. The fourth-order valence-corrected chi connectivity index (χ4v) is 2.39. The molecule has 4 heteroatoms. The number of hydrogen-bond acceptors (Lipinski definition) is 2. The Morgan fingerprint density at radius 1 is 1.39 bits per heavy atom. The molecule has 100 valence electrons. The second-order valence-corrected chi connectivity index (χ2v) is 4.88. The summed E-state index contributed by atoms with van der Waals surface area (Å²) in [5.41, 5.74) is 6.71. The van der Waals surface area contributed by atoms with Crippen LogP contribution >= 0.6 is 12.4 Å². The lowest BCUT2D eigenvalue weighted by Crippen LogP contribution is -2.45. The van der Waals surface area contributed by atoms with Gasteiger partial charge in [-0.15, -0.1) is 12.4 Å². The molecule has 1 aromatic rings. The number of nitrogens with two attached hydrogens (primary N) is 1. The average Bonchev–Trinajstić information content (AvgIpc) is 2.39. The van der Waals surface area contributed by atoms with Gasteiger partial charge in [-0.25, -0.2) is 0 Å². The maximum atomic E-state index is 12.3. The van der Waals surface area contributed by atoms with Crippen molar-refractivity contribution in [1.82, 2.24) is 4.90 Å². The van der Waals surface area contributed by atoms with Crippen LogP contribution in [0.5, 0.6) is 0 Å². The highest BCUT2D eigenvalue weighted by atomic mass is 35.5. The van der Waals surface area contributed by atoms with E-state index in [2.05, 4.69) is 0 Å². The van der Waals surface area contributed by atoms with Crippen LogP contribution in [0.4, 0.5) is 0 Å². The van der Waals surface area contributed by atoms with E-state index in [1.807, 2.05) is 42.2 Å². The molecule has 1 saturated heterocycles. The number of halogens is 1. The number of hydrogen-bond donors (Lipinski definition) is 1. The molecule has 18 heavy (non-hydrogen) atoms.